The van der Waals surface area contributed by atoms with Gasteiger partial charge < -0.3 is 0 Å². The second-order valence-corrected chi connectivity index (χ2v) is 8.59. The first-order valence-electron chi connectivity index (χ1n) is 7.48. The van der Waals surface area contributed by atoms with Gasteiger partial charge in [0.1, 0.15) is 0 Å². The predicted molar refractivity (Wildman–Crippen MR) is 91.5 cm³/mol. The highest BCUT2D eigenvalue weighted by molar-refractivity contribution is 7.14. The number of allylic oxidation sites excluding steroid dienone is 1. The summed E-state index contributed by atoms with van der Waals surface area (Å²) in [6, 6.07) is 2.76. The van der Waals surface area contributed by atoms with Crippen LogP contribution in [0.3, 0.4) is 0 Å². The van der Waals surface area contributed by atoms with E-state index in [-0.39, 0.29) is 11.1 Å². The Labute approximate surface area is 158 Å². The number of hydrogen-bond acceptors (Lipinski definition) is 2. The maximum absolute atomic E-state index is 15.1. The molecule has 0 saturated heterocycles. The van der Waals surface area contributed by atoms with E-state index < -0.39 is 39.2 Å². The molecule has 0 aromatic carbocycles. The third-order valence-corrected chi connectivity index (χ3v) is 6.11. The molecule has 27 heavy (non-hydrogen) atoms. The van der Waals surface area contributed by atoms with Crippen LogP contribution in [0.2, 0.25) is 0 Å². The summed E-state index contributed by atoms with van der Waals surface area (Å²) >= 11 is 1.24. The van der Waals surface area contributed by atoms with Crippen molar-refractivity contribution in [2.24, 2.45) is 0 Å². The number of halogens is 8. The summed E-state index contributed by atoms with van der Waals surface area (Å²) in [7, 11) is 0. The van der Waals surface area contributed by atoms with Gasteiger partial charge in [0.15, 0.2) is 5.83 Å². The van der Waals surface area contributed by atoms with Gasteiger partial charge in [0.25, 0.3) is 0 Å². The fourth-order valence-corrected chi connectivity index (χ4v) is 4.64. The van der Waals surface area contributed by atoms with Crippen LogP contribution in [0.1, 0.15) is 30.6 Å². The van der Waals surface area contributed by atoms with E-state index >= 15 is 4.39 Å². The number of hydrogen-bond donors (Lipinski definition) is 0. The van der Waals surface area contributed by atoms with Gasteiger partial charge in [-0.15, -0.1) is 22.7 Å². The molecule has 0 nitrogen and oxygen atoms in total. The lowest BCUT2D eigenvalue weighted by molar-refractivity contribution is -0.338. The molecule has 0 saturated carbocycles. The van der Waals surface area contributed by atoms with E-state index in [2.05, 4.69) is 0 Å². The van der Waals surface area contributed by atoms with Gasteiger partial charge >= 0.3 is 18.0 Å². The summed E-state index contributed by atoms with van der Waals surface area (Å²) < 4.78 is 110. The SMILES string of the molecule is Cc1cc(C)c(C(F)=C(c2sc(C)cc2C)C(F)(F)C(F)(F)C(F)(F)F)s1. The molecule has 2 rings (SSSR count). The third-order valence-electron chi connectivity index (χ3n) is 3.79. The molecular weight excluding hydrogens is 420 g/mol. The van der Waals surface area contributed by atoms with Crippen LogP contribution >= 0.6 is 22.7 Å². The van der Waals surface area contributed by atoms with Gasteiger partial charge in [0, 0.05) is 14.6 Å². The van der Waals surface area contributed by atoms with Crippen molar-refractivity contribution in [2.75, 3.05) is 0 Å². The number of thiophene rings is 2. The average Bonchev–Trinajstić information content (AvgIpc) is 2.99. The number of rotatable bonds is 4. The topological polar surface area (TPSA) is 0 Å². The van der Waals surface area contributed by atoms with Crippen LogP contribution in [0.5, 0.6) is 0 Å². The van der Waals surface area contributed by atoms with Gasteiger partial charge in [-0.3, -0.25) is 0 Å². The van der Waals surface area contributed by atoms with Crippen LogP contribution < -0.4 is 0 Å². The van der Waals surface area contributed by atoms with Crippen molar-refractivity contribution in [1.82, 2.24) is 0 Å². The van der Waals surface area contributed by atoms with Crippen LogP contribution in [0.4, 0.5) is 35.1 Å². The highest BCUT2D eigenvalue weighted by Gasteiger charge is 2.75. The molecule has 0 aliphatic carbocycles. The fourth-order valence-electron chi connectivity index (χ4n) is 2.58. The molecule has 0 N–H and O–H groups in total. The molecule has 0 bridgehead atoms. The van der Waals surface area contributed by atoms with Crippen molar-refractivity contribution < 1.29 is 35.1 Å². The number of aryl methyl sites for hydroxylation is 4. The zero-order chi connectivity index (χ0) is 20.9. The van der Waals surface area contributed by atoms with Crippen LogP contribution in [-0.2, 0) is 0 Å². The summed E-state index contributed by atoms with van der Waals surface area (Å²) in [5, 5.41) is 0. The lowest BCUT2D eigenvalue weighted by atomic mass is 9.96. The smallest absolute Gasteiger partial charge is 0.205 e. The van der Waals surface area contributed by atoms with Crippen LogP contribution in [0, 0.1) is 27.7 Å². The van der Waals surface area contributed by atoms with E-state index in [1.165, 1.54) is 39.8 Å². The first-order chi connectivity index (χ1) is 12.1. The van der Waals surface area contributed by atoms with Crippen LogP contribution in [-0.4, -0.2) is 18.0 Å². The first kappa shape index (κ1) is 21.9. The van der Waals surface area contributed by atoms with Crippen molar-refractivity contribution >= 4 is 34.1 Å². The fraction of sp³-hybridized carbons (Fsp3) is 0.412. The predicted octanol–water partition coefficient (Wildman–Crippen LogP) is 7.71. The van der Waals surface area contributed by atoms with Gasteiger partial charge in [-0.1, -0.05) is 0 Å². The van der Waals surface area contributed by atoms with Crippen molar-refractivity contribution in [3.05, 3.63) is 42.8 Å². The minimum atomic E-state index is -6.55. The Bertz CT molecular complexity index is 883. The molecule has 0 amide bonds. The van der Waals surface area contributed by atoms with Crippen LogP contribution in [0.15, 0.2) is 12.1 Å². The Morgan fingerprint density at radius 2 is 1.15 bits per heavy atom. The van der Waals surface area contributed by atoms with E-state index in [0.717, 1.165) is 0 Å². The summed E-state index contributed by atoms with van der Waals surface area (Å²) in [5.41, 5.74) is -1.78. The lowest BCUT2D eigenvalue weighted by Crippen LogP contribution is -2.52. The van der Waals surface area contributed by atoms with Gasteiger partial charge in [-0.05, 0) is 51.0 Å². The normalized spacial score (nSPS) is 14.5. The summed E-state index contributed by atoms with van der Waals surface area (Å²) in [6.07, 6.45) is -6.55. The molecule has 0 fully saturated rings. The molecule has 150 valence electrons. The number of alkyl halides is 7. The van der Waals surface area contributed by atoms with E-state index in [9.17, 15) is 30.7 Å². The quantitative estimate of drug-likeness (QED) is 0.432. The second-order valence-electron chi connectivity index (χ2n) is 6.07. The van der Waals surface area contributed by atoms with Crippen molar-refractivity contribution in [2.45, 2.75) is 45.7 Å². The van der Waals surface area contributed by atoms with E-state index in [1.54, 1.807) is 0 Å². The highest BCUT2D eigenvalue weighted by atomic mass is 32.1. The molecule has 0 radical (unpaired) electrons. The summed E-state index contributed by atoms with van der Waals surface area (Å²) in [5.74, 6) is -14.0. The summed E-state index contributed by atoms with van der Waals surface area (Å²) in [6.45, 7) is 5.61. The Kier molecular flexibility index (Phi) is 5.57. The molecule has 0 unspecified atom stereocenters. The third kappa shape index (κ3) is 3.65. The minimum Gasteiger partial charge on any atom is -0.205 e. The largest absolute Gasteiger partial charge is 0.460 e. The zero-order valence-electron chi connectivity index (χ0n) is 14.5. The zero-order valence-corrected chi connectivity index (χ0v) is 16.1. The van der Waals surface area contributed by atoms with E-state index in [0.29, 0.717) is 32.4 Å². The van der Waals surface area contributed by atoms with Crippen molar-refractivity contribution in [3.8, 4) is 0 Å². The average molecular weight is 434 g/mol. The van der Waals surface area contributed by atoms with Crippen molar-refractivity contribution in [3.63, 3.8) is 0 Å². The molecule has 2 heterocycles. The molecule has 0 atom stereocenters. The maximum Gasteiger partial charge on any atom is 0.460 e. The van der Waals surface area contributed by atoms with E-state index in [4.69, 9.17) is 0 Å². The van der Waals surface area contributed by atoms with Gasteiger partial charge in [-0.2, -0.15) is 30.7 Å². The molecular formula is C17H14F8S2. The second kappa shape index (κ2) is 6.88. The molecule has 10 heteroatoms. The maximum atomic E-state index is 15.1. The summed E-state index contributed by atoms with van der Waals surface area (Å²) in [4.78, 5) is -0.157. The Morgan fingerprint density at radius 3 is 1.48 bits per heavy atom. The Morgan fingerprint density at radius 1 is 0.741 bits per heavy atom. The monoisotopic (exact) mass is 434 g/mol. The minimum absolute atomic E-state index is 0.00812. The Hall–Kier alpha value is -1.42. The standard InChI is InChI=1S/C17H14F8S2/c1-7-5-9(3)26-13(7)11(12(18)14-8(2)6-10(4)27-14)15(19,20)16(21,22)17(23,24)25/h5-6H,1-4H3. The molecule has 2 aromatic heterocycles. The lowest BCUT2D eigenvalue weighted by Gasteiger charge is -2.30. The molecule has 2 aromatic rings. The van der Waals surface area contributed by atoms with Crippen LogP contribution in [0.25, 0.3) is 11.4 Å². The Balaban J connectivity index is 2.89. The van der Waals surface area contributed by atoms with E-state index in [1.807, 2.05) is 0 Å². The highest BCUT2D eigenvalue weighted by Crippen LogP contribution is 2.56. The van der Waals surface area contributed by atoms with Gasteiger partial charge in [-0.25, -0.2) is 4.39 Å². The molecule has 0 aliphatic rings. The molecule has 0 aliphatic heterocycles. The first-order valence-corrected chi connectivity index (χ1v) is 9.12. The van der Waals surface area contributed by atoms with Gasteiger partial charge in [0.05, 0.1) is 10.5 Å². The molecule has 0 spiro atoms. The van der Waals surface area contributed by atoms with Crippen molar-refractivity contribution in [1.29, 1.82) is 0 Å². The van der Waals surface area contributed by atoms with Gasteiger partial charge in [0.2, 0.25) is 0 Å².